The van der Waals surface area contributed by atoms with Crippen molar-refractivity contribution in [2.24, 2.45) is 0 Å². The van der Waals surface area contributed by atoms with Gasteiger partial charge in [-0.15, -0.1) is 0 Å². The Kier molecular flexibility index (Phi) is 3.06. The molecule has 0 unspecified atom stereocenters. The van der Waals surface area contributed by atoms with Crippen molar-refractivity contribution in [1.82, 2.24) is 20.1 Å². The summed E-state index contributed by atoms with van der Waals surface area (Å²) in [6.07, 6.45) is 1.63. The second kappa shape index (κ2) is 4.67. The first-order valence-electron chi connectivity index (χ1n) is 5.31. The van der Waals surface area contributed by atoms with Crippen molar-refractivity contribution in [2.75, 3.05) is 7.05 Å². The molecule has 0 radical (unpaired) electrons. The second-order valence-corrected chi connectivity index (χ2v) is 3.69. The molecule has 90 valence electrons. The highest BCUT2D eigenvalue weighted by atomic mass is 16.1. The minimum Gasteiger partial charge on any atom is -0.354 e. The Labute approximate surface area is 104 Å². The molecule has 2 aromatic heterocycles. The molecule has 0 aliphatic heterocycles. The average molecular weight is 241 g/mol. The largest absolute Gasteiger partial charge is 0.354 e. The average Bonchev–Trinajstić information content (AvgIpc) is 2.86. The first-order valence-corrected chi connectivity index (χ1v) is 5.31. The van der Waals surface area contributed by atoms with Gasteiger partial charge in [-0.25, -0.2) is 9.67 Å². The van der Waals surface area contributed by atoms with Crippen LogP contribution in [-0.4, -0.2) is 27.7 Å². The minimum atomic E-state index is -0.262. The number of nitrogens with zero attached hydrogens (tertiary/aromatic N) is 4. The van der Waals surface area contributed by atoms with Gasteiger partial charge in [-0.2, -0.15) is 10.4 Å². The molecule has 0 bridgehead atoms. The molecule has 0 fully saturated rings. The summed E-state index contributed by atoms with van der Waals surface area (Å²) in [5.74, 6) is 0.253. The van der Waals surface area contributed by atoms with E-state index in [2.05, 4.69) is 21.5 Å². The van der Waals surface area contributed by atoms with E-state index in [4.69, 9.17) is 5.26 Å². The highest BCUT2D eigenvalue weighted by molar-refractivity contribution is 5.91. The maximum absolute atomic E-state index is 11.4. The van der Waals surface area contributed by atoms with Crippen molar-refractivity contribution in [3.63, 3.8) is 0 Å². The number of carbonyl (C=O) groups excluding carboxylic acids is 1. The third kappa shape index (κ3) is 2.20. The molecule has 2 heterocycles. The highest BCUT2D eigenvalue weighted by Crippen LogP contribution is 2.09. The Balaban J connectivity index is 2.43. The van der Waals surface area contributed by atoms with Crippen molar-refractivity contribution in [2.45, 2.75) is 6.92 Å². The van der Waals surface area contributed by atoms with Gasteiger partial charge in [0.2, 0.25) is 0 Å². The van der Waals surface area contributed by atoms with Gasteiger partial charge in [0.1, 0.15) is 0 Å². The molecule has 1 amide bonds. The fourth-order valence-electron chi connectivity index (χ4n) is 1.53. The van der Waals surface area contributed by atoms with Crippen LogP contribution in [0.15, 0.2) is 24.4 Å². The zero-order valence-corrected chi connectivity index (χ0v) is 10.0. The summed E-state index contributed by atoms with van der Waals surface area (Å²) < 4.78 is 1.47. The summed E-state index contributed by atoms with van der Waals surface area (Å²) in [6, 6.07) is 6.96. The van der Waals surface area contributed by atoms with E-state index in [9.17, 15) is 4.79 Å². The quantitative estimate of drug-likeness (QED) is 0.843. The van der Waals surface area contributed by atoms with Crippen LogP contribution in [-0.2, 0) is 0 Å². The van der Waals surface area contributed by atoms with Gasteiger partial charge in [-0.05, 0) is 19.1 Å². The molecule has 0 saturated carbocycles. The van der Waals surface area contributed by atoms with Gasteiger partial charge in [-0.1, -0.05) is 0 Å². The van der Waals surface area contributed by atoms with Crippen LogP contribution in [0, 0.1) is 18.3 Å². The van der Waals surface area contributed by atoms with Crippen LogP contribution >= 0.6 is 0 Å². The SMILES string of the molecule is CNC(=O)c1ccn(-c2cc(C#N)cc(C)n2)n1. The Morgan fingerprint density at radius 3 is 2.94 bits per heavy atom. The van der Waals surface area contributed by atoms with Gasteiger partial charge in [0.25, 0.3) is 5.91 Å². The Bertz CT molecular complexity index is 638. The molecule has 2 rings (SSSR count). The first kappa shape index (κ1) is 11.8. The number of hydrogen-bond donors (Lipinski definition) is 1. The summed E-state index contributed by atoms with van der Waals surface area (Å²) in [6.45, 7) is 1.80. The Hall–Kier alpha value is -2.68. The zero-order chi connectivity index (χ0) is 13.1. The summed E-state index contributed by atoms with van der Waals surface area (Å²) in [5, 5.41) is 15.5. The topological polar surface area (TPSA) is 83.6 Å². The Morgan fingerprint density at radius 1 is 1.50 bits per heavy atom. The fourth-order valence-corrected chi connectivity index (χ4v) is 1.53. The zero-order valence-electron chi connectivity index (χ0n) is 10.0. The molecular weight excluding hydrogens is 230 g/mol. The van der Waals surface area contributed by atoms with Crippen molar-refractivity contribution in [3.8, 4) is 11.9 Å². The van der Waals surface area contributed by atoms with E-state index in [1.54, 1.807) is 38.4 Å². The minimum absolute atomic E-state index is 0.262. The molecule has 6 heteroatoms. The molecule has 2 aromatic rings. The van der Waals surface area contributed by atoms with Crippen molar-refractivity contribution in [1.29, 1.82) is 5.26 Å². The van der Waals surface area contributed by atoms with Gasteiger partial charge in [0.05, 0.1) is 11.6 Å². The lowest BCUT2D eigenvalue weighted by molar-refractivity contribution is 0.0957. The van der Waals surface area contributed by atoms with Crippen LogP contribution in [0.25, 0.3) is 5.82 Å². The number of aromatic nitrogens is 3. The maximum atomic E-state index is 11.4. The number of nitriles is 1. The lowest BCUT2D eigenvalue weighted by Crippen LogP contribution is -2.18. The maximum Gasteiger partial charge on any atom is 0.271 e. The smallest absolute Gasteiger partial charge is 0.271 e. The molecule has 0 aromatic carbocycles. The van der Waals surface area contributed by atoms with Gasteiger partial charge in [-0.3, -0.25) is 4.79 Å². The predicted octanol–water partition coefficient (Wildman–Crippen LogP) is 0.807. The van der Waals surface area contributed by atoms with Crippen LogP contribution in [0.4, 0.5) is 0 Å². The molecule has 1 N–H and O–H groups in total. The highest BCUT2D eigenvalue weighted by Gasteiger charge is 2.09. The number of rotatable bonds is 2. The van der Waals surface area contributed by atoms with Crippen LogP contribution < -0.4 is 5.32 Å². The van der Waals surface area contributed by atoms with Crippen LogP contribution in [0.5, 0.6) is 0 Å². The van der Waals surface area contributed by atoms with E-state index in [-0.39, 0.29) is 5.91 Å². The summed E-state index contributed by atoms with van der Waals surface area (Å²) in [7, 11) is 1.54. The van der Waals surface area contributed by atoms with Crippen molar-refractivity contribution < 1.29 is 4.79 Å². The third-order valence-electron chi connectivity index (χ3n) is 2.35. The second-order valence-electron chi connectivity index (χ2n) is 3.69. The van der Waals surface area contributed by atoms with Gasteiger partial charge in [0.15, 0.2) is 11.5 Å². The van der Waals surface area contributed by atoms with Gasteiger partial charge < -0.3 is 5.32 Å². The summed E-state index contributed by atoms with van der Waals surface area (Å²) in [4.78, 5) is 15.7. The number of pyridine rings is 1. The molecule has 18 heavy (non-hydrogen) atoms. The van der Waals surface area contributed by atoms with Crippen LogP contribution in [0.1, 0.15) is 21.7 Å². The number of nitrogens with one attached hydrogen (secondary N) is 1. The molecular formula is C12H11N5O. The van der Waals surface area contributed by atoms with E-state index in [1.807, 2.05) is 0 Å². The van der Waals surface area contributed by atoms with E-state index in [1.165, 1.54) is 4.68 Å². The summed E-state index contributed by atoms with van der Waals surface area (Å²) >= 11 is 0. The first-order chi connectivity index (χ1) is 8.63. The van der Waals surface area contributed by atoms with Gasteiger partial charge >= 0.3 is 0 Å². The molecule has 0 atom stereocenters. The number of amides is 1. The number of hydrogen-bond acceptors (Lipinski definition) is 4. The molecule has 0 aliphatic carbocycles. The normalized spacial score (nSPS) is 9.83. The molecule has 0 aliphatic rings. The van der Waals surface area contributed by atoms with E-state index >= 15 is 0 Å². The number of carbonyl (C=O) groups is 1. The predicted molar refractivity (Wildman–Crippen MR) is 64.2 cm³/mol. The van der Waals surface area contributed by atoms with Crippen molar-refractivity contribution >= 4 is 5.91 Å². The fraction of sp³-hybridized carbons (Fsp3) is 0.167. The van der Waals surface area contributed by atoms with E-state index in [0.717, 1.165) is 5.69 Å². The lowest BCUT2D eigenvalue weighted by Gasteiger charge is -2.02. The summed E-state index contributed by atoms with van der Waals surface area (Å²) in [5.41, 5.74) is 1.54. The van der Waals surface area contributed by atoms with E-state index < -0.39 is 0 Å². The van der Waals surface area contributed by atoms with Crippen LogP contribution in [0.3, 0.4) is 0 Å². The van der Waals surface area contributed by atoms with Crippen molar-refractivity contribution in [3.05, 3.63) is 41.3 Å². The third-order valence-corrected chi connectivity index (χ3v) is 2.35. The molecule has 0 saturated heterocycles. The lowest BCUT2D eigenvalue weighted by atomic mass is 10.2. The monoisotopic (exact) mass is 241 g/mol. The van der Waals surface area contributed by atoms with Crippen LogP contribution in [0.2, 0.25) is 0 Å². The van der Waals surface area contributed by atoms with E-state index in [0.29, 0.717) is 17.1 Å². The molecule has 0 spiro atoms. The number of aryl methyl sites for hydroxylation is 1. The Morgan fingerprint density at radius 2 is 2.28 bits per heavy atom. The van der Waals surface area contributed by atoms with Gasteiger partial charge in [0, 0.05) is 25.0 Å². The molecule has 6 nitrogen and oxygen atoms in total. The standard InChI is InChI=1S/C12H11N5O/c1-8-5-9(7-13)6-11(15-8)17-4-3-10(16-17)12(18)14-2/h3-6H,1-2H3,(H,14,18).